The lowest BCUT2D eigenvalue weighted by molar-refractivity contribution is -0.121. The van der Waals surface area contributed by atoms with Crippen molar-refractivity contribution in [2.24, 2.45) is 0 Å². The zero-order valence-electron chi connectivity index (χ0n) is 5.13. The molecule has 0 radical (unpaired) electrons. The van der Waals surface area contributed by atoms with Crippen LogP contribution in [0.25, 0.3) is 0 Å². The van der Waals surface area contributed by atoms with Crippen LogP contribution >= 0.6 is 11.9 Å². The summed E-state index contributed by atoms with van der Waals surface area (Å²) in [6.45, 7) is 1.49. The van der Waals surface area contributed by atoms with Crippen molar-refractivity contribution in [3.63, 3.8) is 0 Å². The number of nitrogens with zero attached hydrogens (tertiary/aromatic N) is 1. The number of hydrogen-bond donors (Lipinski definition) is 1. The zero-order chi connectivity index (χ0) is 6.69. The van der Waals surface area contributed by atoms with Crippen LogP contribution in [0.3, 0.4) is 0 Å². The SMILES string of the molecule is CC(=O)NN1C=CCS1. The van der Waals surface area contributed by atoms with Crippen LogP contribution in [0.5, 0.6) is 0 Å². The molecule has 1 heterocycles. The number of rotatable bonds is 1. The zero-order valence-corrected chi connectivity index (χ0v) is 5.94. The minimum Gasteiger partial charge on any atom is -0.274 e. The Labute approximate surface area is 58.2 Å². The van der Waals surface area contributed by atoms with E-state index in [2.05, 4.69) is 5.43 Å². The first-order chi connectivity index (χ1) is 4.29. The Hall–Kier alpha value is -0.640. The van der Waals surface area contributed by atoms with Crippen LogP contribution in [0, 0.1) is 0 Å². The minimum absolute atomic E-state index is 0.0333. The van der Waals surface area contributed by atoms with Crippen molar-refractivity contribution in [2.75, 3.05) is 5.75 Å². The normalized spacial score (nSPS) is 16.3. The molecule has 1 amide bonds. The van der Waals surface area contributed by atoms with Crippen LogP contribution in [0.2, 0.25) is 0 Å². The molecule has 0 aromatic heterocycles. The standard InChI is InChI=1S/C5H8N2OS/c1-5(8)6-7-3-2-4-9-7/h2-3H,4H2,1H3,(H,6,8). The molecular weight excluding hydrogens is 136 g/mol. The van der Waals surface area contributed by atoms with E-state index in [0.29, 0.717) is 0 Å². The summed E-state index contributed by atoms with van der Waals surface area (Å²) in [7, 11) is 0. The van der Waals surface area contributed by atoms with Gasteiger partial charge in [0.2, 0.25) is 5.91 Å². The van der Waals surface area contributed by atoms with E-state index in [1.54, 1.807) is 16.4 Å². The van der Waals surface area contributed by atoms with E-state index in [9.17, 15) is 4.79 Å². The van der Waals surface area contributed by atoms with Crippen molar-refractivity contribution in [1.29, 1.82) is 0 Å². The third-order valence-corrected chi connectivity index (χ3v) is 1.65. The van der Waals surface area contributed by atoms with Crippen molar-refractivity contribution in [3.05, 3.63) is 12.3 Å². The highest BCUT2D eigenvalue weighted by Gasteiger charge is 2.04. The van der Waals surface area contributed by atoms with E-state index in [4.69, 9.17) is 0 Å². The van der Waals surface area contributed by atoms with Gasteiger partial charge in [-0.2, -0.15) is 0 Å². The lowest BCUT2D eigenvalue weighted by Crippen LogP contribution is -2.30. The van der Waals surface area contributed by atoms with Crippen molar-refractivity contribution >= 4 is 17.9 Å². The first-order valence-electron chi connectivity index (χ1n) is 2.65. The largest absolute Gasteiger partial charge is 0.274 e. The van der Waals surface area contributed by atoms with Gasteiger partial charge in [-0.3, -0.25) is 10.2 Å². The number of nitrogens with one attached hydrogen (secondary N) is 1. The smallest absolute Gasteiger partial charge is 0.236 e. The first kappa shape index (κ1) is 6.48. The van der Waals surface area contributed by atoms with Gasteiger partial charge in [0.1, 0.15) is 0 Å². The maximum Gasteiger partial charge on any atom is 0.236 e. The van der Waals surface area contributed by atoms with Crippen molar-refractivity contribution < 1.29 is 4.79 Å². The first-order valence-corrected chi connectivity index (χ1v) is 3.59. The molecule has 0 bridgehead atoms. The van der Waals surface area contributed by atoms with E-state index in [1.165, 1.54) is 6.92 Å². The molecule has 0 aliphatic carbocycles. The number of hydrazine groups is 1. The lowest BCUT2D eigenvalue weighted by Gasteiger charge is -2.12. The Morgan fingerprint density at radius 1 is 1.89 bits per heavy atom. The fourth-order valence-electron chi connectivity index (χ4n) is 0.530. The average molecular weight is 144 g/mol. The van der Waals surface area contributed by atoms with Gasteiger partial charge < -0.3 is 0 Å². The summed E-state index contributed by atoms with van der Waals surface area (Å²) in [5, 5.41) is 0. The van der Waals surface area contributed by atoms with E-state index in [0.717, 1.165) is 5.75 Å². The maximum atomic E-state index is 10.4. The Balaban J connectivity index is 2.28. The maximum absolute atomic E-state index is 10.4. The van der Waals surface area contributed by atoms with Crippen LogP contribution in [-0.2, 0) is 4.79 Å². The Morgan fingerprint density at radius 2 is 2.67 bits per heavy atom. The number of carbonyl (C=O) groups excluding carboxylic acids is 1. The fraction of sp³-hybridized carbons (Fsp3) is 0.400. The third-order valence-electron chi connectivity index (χ3n) is 0.818. The summed E-state index contributed by atoms with van der Waals surface area (Å²) >= 11 is 1.56. The molecule has 1 N–H and O–H groups in total. The molecule has 1 aliphatic rings. The molecular formula is C5H8N2OS. The molecule has 3 nitrogen and oxygen atoms in total. The van der Waals surface area contributed by atoms with Gasteiger partial charge in [0.25, 0.3) is 0 Å². The van der Waals surface area contributed by atoms with Crippen LogP contribution in [0.4, 0.5) is 0 Å². The number of hydrogen-bond acceptors (Lipinski definition) is 3. The molecule has 4 heteroatoms. The van der Waals surface area contributed by atoms with E-state index in [-0.39, 0.29) is 5.91 Å². The second kappa shape index (κ2) is 2.77. The molecule has 1 aliphatic heterocycles. The summed E-state index contributed by atoms with van der Waals surface area (Å²) in [4.78, 5) is 10.4. The molecule has 0 spiro atoms. The minimum atomic E-state index is -0.0333. The van der Waals surface area contributed by atoms with E-state index >= 15 is 0 Å². The predicted octanol–water partition coefficient (Wildman–Crippen LogP) is 0.515. The summed E-state index contributed by atoms with van der Waals surface area (Å²) in [6.07, 6.45) is 3.83. The van der Waals surface area contributed by atoms with Crippen LogP contribution in [0.1, 0.15) is 6.92 Å². The molecule has 0 saturated carbocycles. The van der Waals surface area contributed by atoms with Gasteiger partial charge in [-0.05, 0) is 11.9 Å². The Bertz CT molecular complexity index is 146. The molecule has 0 saturated heterocycles. The summed E-state index contributed by atoms with van der Waals surface area (Å²) in [5.74, 6) is 0.911. The van der Waals surface area contributed by atoms with Gasteiger partial charge in [-0.25, -0.2) is 4.41 Å². The highest BCUT2D eigenvalue weighted by molar-refractivity contribution is 7.97. The summed E-state index contributed by atoms with van der Waals surface area (Å²) < 4.78 is 1.70. The molecule has 50 valence electrons. The molecule has 0 aromatic carbocycles. The predicted molar refractivity (Wildman–Crippen MR) is 37.3 cm³/mol. The lowest BCUT2D eigenvalue weighted by atomic mass is 10.7. The Morgan fingerprint density at radius 3 is 3.11 bits per heavy atom. The van der Waals surface area contributed by atoms with Crippen LogP contribution < -0.4 is 5.43 Å². The van der Waals surface area contributed by atoms with Crippen molar-refractivity contribution in [1.82, 2.24) is 9.84 Å². The van der Waals surface area contributed by atoms with Crippen molar-refractivity contribution in [3.8, 4) is 0 Å². The monoisotopic (exact) mass is 144 g/mol. The second-order valence-corrected chi connectivity index (χ2v) is 2.66. The van der Waals surface area contributed by atoms with Crippen LogP contribution in [-0.4, -0.2) is 16.1 Å². The Kier molecular flexibility index (Phi) is 2.00. The van der Waals surface area contributed by atoms with E-state index < -0.39 is 0 Å². The molecule has 1 rings (SSSR count). The van der Waals surface area contributed by atoms with Gasteiger partial charge in [0.15, 0.2) is 0 Å². The number of amides is 1. The number of carbonyl (C=O) groups is 1. The third kappa shape index (κ3) is 1.97. The molecule has 0 aromatic rings. The van der Waals surface area contributed by atoms with Gasteiger partial charge in [0.05, 0.1) is 0 Å². The van der Waals surface area contributed by atoms with Gasteiger partial charge in [-0.1, -0.05) is 6.08 Å². The fourth-order valence-corrected chi connectivity index (χ4v) is 1.23. The van der Waals surface area contributed by atoms with Gasteiger partial charge in [0, 0.05) is 18.9 Å². The molecule has 0 fully saturated rings. The summed E-state index contributed by atoms with van der Waals surface area (Å²) in [6, 6.07) is 0. The molecule has 9 heavy (non-hydrogen) atoms. The van der Waals surface area contributed by atoms with Gasteiger partial charge >= 0.3 is 0 Å². The van der Waals surface area contributed by atoms with Crippen LogP contribution in [0.15, 0.2) is 12.3 Å². The second-order valence-electron chi connectivity index (χ2n) is 1.67. The summed E-state index contributed by atoms with van der Waals surface area (Å²) in [5.41, 5.74) is 2.61. The van der Waals surface area contributed by atoms with E-state index in [1.807, 2.05) is 12.3 Å². The molecule has 0 atom stereocenters. The highest BCUT2D eigenvalue weighted by Crippen LogP contribution is 2.13. The highest BCUT2D eigenvalue weighted by atomic mass is 32.2. The van der Waals surface area contributed by atoms with Gasteiger partial charge in [-0.15, -0.1) is 0 Å². The average Bonchev–Trinajstić information content (AvgIpc) is 2.15. The molecule has 0 unspecified atom stereocenters. The quantitative estimate of drug-likeness (QED) is 0.544. The van der Waals surface area contributed by atoms with Crippen molar-refractivity contribution in [2.45, 2.75) is 6.92 Å². The topological polar surface area (TPSA) is 32.3 Å².